The molecule has 1 atom stereocenters. The number of aryl methyl sites for hydroxylation is 2. The molecule has 0 saturated heterocycles. The molecule has 1 aromatic carbocycles. The van der Waals surface area contributed by atoms with E-state index >= 15 is 0 Å². The summed E-state index contributed by atoms with van der Waals surface area (Å²) in [6.07, 6.45) is 2.09. The second-order valence-electron chi connectivity index (χ2n) is 8.54. The van der Waals surface area contributed by atoms with E-state index < -0.39 is 23.5 Å². The Balaban J connectivity index is 2.04. The summed E-state index contributed by atoms with van der Waals surface area (Å²) in [4.78, 5) is 36.6. The fourth-order valence-electron chi connectivity index (χ4n) is 4.00. The second-order valence-corrected chi connectivity index (χ2v) is 8.54. The molecule has 0 radical (unpaired) electrons. The molecule has 2 N–H and O–H groups in total. The summed E-state index contributed by atoms with van der Waals surface area (Å²) in [5.74, 6) is -0.535. The van der Waals surface area contributed by atoms with Crippen molar-refractivity contribution in [3.05, 3.63) is 33.2 Å². The predicted molar refractivity (Wildman–Crippen MR) is 115 cm³/mol. The average molecular weight is 431 g/mol. The van der Waals surface area contributed by atoms with Gasteiger partial charge in [-0.15, -0.1) is 0 Å². The van der Waals surface area contributed by atoms with Crippen LogP contribution in [0, 0.1) is 6.92 Å². The number of aliphatic carboxylic acids is 1. The molecule has 2 heterocycles. The molecule has 2 aromatic rings. The minimum absolute atomic E-state index is 0.181. The van der Waals surface area contributed by atoms with Crippen LogP contribution in [0.4, 0.5) is 0 Å². The fourth-order valence-corrected chi connectivity index (χ4v) is 4.00. The van der Waals surface area contributed by atoms with E-state index in [4.69, 9.17) is 13.9 Å². The standard InChI is InChI=1S/C23H29NO7/c1-6-7-15(21(26)27)24-18(25)10-14-12(2)19-17(29-5)11-16-13(20(19)30-22(14)28)8-9-23(3,4)31-16/h11,15H,6-10H2,1-5H3,(H,24,25)(H,26,27). The summed E-state index contributed by atoms with van der Waals surface area (Å²) in [6, 6.07) is 0.796. The first kappa shape index (κ1) is 22.7. The number of fused-ring (bicyclic) bond motifs is 3. The summed E-state index contributed by atoms with van der Waals surface area (Å²) >= 11 is 0. The molecule has 0 aliphatic carbocycles. The van der Waals surface area contributed by atoms with Crippen molar-refractivity contribution in [1.82, 2.24) is 5.32 Å². The van der Waals surface area contributed by atoms with Crippen molar-refractivity contribution >= 4 is 22.8 Å². The van der Waals surface area contributed by atoms with Crippen LogP contribution in [0.2, 0.25) is 0 Å². The molecule has 0 spiro atoms. The van der Waals surface area contributed by atoms with E-state index in [1.807, 2.05) is 20.8 Å². The zero-order valence-corrected chi connectivity index (χ0v) is 18.6. The van der Waals surface area contributed by atoms with Crippen LogP contribution < -0.4 is 20.4 Å². The largest absolute Gasteiger partial charge is 0.496 e. The van der Waals surface area contributed by atoms with Gasteiger partial charge in [-0.1, -0.05) is 13.3 Å². The van der Waals surface area contributed by atoms with Crippen molar-refractivity contribution in [2.75, 3.05) is 7.11 Å². The van der Waals surface area contributed by atoms with E-state index in [0.29, 0.717) is 47.3 Å². The predicted octanol–water partition coefficient (Wildman–Crippen LogP) is 3.13. The molecule has 8 nitrogen and oxygen atoms in total. The maximum atomic E-state index is 12.8. The number of ether oxygens (including phenoxy) is 2. The lowest BCUT2D eigenvalue weighted by Crippen LogP contribution is -2.42. The van der Waals surface area contributed by atoms with Gasteiger partial charge in [0.05, 0.1) is 24.5 Å². The highest BCUT2D eigenvalue weighted by atomic mass is 16.5. The van der Waals surface area contributed by atoms with E-state index in [1.165, 1.54) is 7.11 Å². The zero-order valence-electron chi connectivity index (χ0n) is 18.6. The molecule has 0 saturated carbocycles. The minimum Gasteiger partial charge on any atom is -0.496 e. The van der Waals surface area contributed by atoms with E-state index in [-0.39, 0.29) is 17.6 Å². The van der Waals surface area contributed by atoms with Gasteiger partial charge in [0.1, 0.15) is 28.7 Å². The number of carbonyl (C=O) groups excluding carboxylic acids is 1. The fraction of sp³-hybridized carbons (Fsp3) is 0.522. The number of benzene rings is 1. The quantitative estimate of drug-likeness (QED) is 0.647. The molecule has 3 rings (SSSR count). The smallest absolute Gasteiger partial charge is 0.340 e. The Bertz CT molecular complexity index is 1080. The number of rotatable bonds is 7. The summed E-state index contributed by atoms with van der Waals surface area (Å²) in [7, 11) is 1.52. The van der Waals surface area contributed by atoms with Crippen molar-refractivity contribution in [2.24, 2.45) is 0 Å². The van der Waals surface area contributed by atoms with E-state index in [0.717, 1.165) is 12.0 Å². The van der Waals surface area contributed by atoms with Crippen molar-refractivity contribution in [3.8, 4) is 11.5 Å². The Labute approximate surface area is 180 Å². The molecule has 1 unspecified atom stereocenters. The SMILES string of the molecule is CCCC(NC(=O)Cc1c(C)c2c(OC)cc3c(c2oc1=O)CCC(C)(C)O3)C(=O)O. The van der Waals surface area contributed by atoms with Crippen molar-refractivity contribution in [1.29, 1.82) is 0 Å². The third kappa shape index (κ3) is 4.52. The third-order valence-corrected chi connectivity index (χ3v) is 5.71. The molecular formula is C23H29NO7. The topological polar surface area (TPSA) is 115 Å². The third-order valence-electron chi connectivity index (χ3n) is 5.71. The van der Waals surface area contributed by atoms with Crippen LogP contribution in [0.5, 0.6) is 11.5 Å². The number of hydrogen-bond acceptors (Lipinski definition) is 6. The number of amides is 1. The molecule has 0 bridgehead atoms. The summed E-state index contributed by atoms with van der Waals surface area (Å²) in [6.45, 7) is 7.57. The van der Waals surface area contributed by atoms with Crippen LogP contribution in [-0.2, 0) is 22.4 Å². The van der Waals surface area contributed by atoms with Gasteiger partial charge in [-0.05, 0) is 45.6 Å². The van der Waals surface area contributed by atoms with Crippen LogP contribution in [0.3, 0.4) is 0 Å². The van der Waals surface area contributed by atoms with Gasteiger partial charge in [0, 0.05) is 11.6 Å². The normalized spacial score (nSPS) is 15.6. The molecule has 168 valence electrons. The Morgan fingerprint density at radius 2 is 2.06 bits per heavy atom. The first-order chi connectivity index (χ1) is 14.6. The van der Waals surface area contributed by atoms with E-state index in [9.17, 15) is 19.5 Å². The lowest BCUT2D eigenvalue weighted by atomic mass is 9.91. The summed E-state index contributed by atoms with van der Waals surface area (Å²) < 4.78 is 17.3. The van der Waals surface area contributed by atoms with Crippen LogP contribution >= 0.6 is 0 Å². The highest BCUT2D eigenvalue weighted by molar-refractivity contribution is 5.93. The van der Waals surface area contributed by atoms with Gasteiger partial charge in [0.15, 0.2) is 0 Å². The number of hydrogen-bond donors (Lipinski definition) is 2. The Morgan fingerprint density at radius 3 is 2.68 bits per heavy atom. The number of carbonyl (C=O) groups is 2. The van der Waals surface area contributed by atoms with Crippen LogP contribution in [-0.4, -0.2) is 35.7 Å². The molecule has 1 aromatic heterocycles. The lowest BCUT2D eigenvalue weighted by molar-refractivity contribution is -0.141. The Morgan fingerprint density at radius 1 is 1.35 bits per heavy atom. The molecule has 0 fully saturated rings. The lowest BCUT2D eigenvalue weighted by Gasteiger charge is -2.33. The van der Waals surface area contributed by atoms with Gasteiger partial charge in [-0.3, -0.25) is 4.79 Å². The van der Waals surface area contributed by atoms with Gasteiger partial charge < -0.3 is 24.3 Å². The van der Waals surface area contributed by atoms with Crippen LogP contribution in [0.15, 0.2) is 15.3 Å². The van der Waals surface area contributed by atoms with Crippen LogP contribution in [0.25, 0.3) is 11.0 Å². The van der Waals surface area contributed by atoms with Gasteiger partial charge in [-0.2, -0.15) is 0 Å². The second kappa shape index (κ2) is 8.61. The molecule has 1 aliphatic heterocycles. The average Bonchev–Trinajstić information content (AvgIpc) is 2.68. The maximum Gasteiger partial charge on any atom is 0.340 e. The molecular weight excluding hydrogens is 402 g/mol. The monoisotopic (exact) mass is 431 g/mol. The van der Waals surface area contributed by atoms with Gasteiger partial charge in [0.25, 0.3) is 0 Å². The van der Waals surface area contributed by atoms with Crippen molar-refractivity contribution < 1.29 is 28.6 Å². The first-order valence-electron chi connectivity index (χ1n) is 10.4. The Kier molecular flexibility index (Phi) is 6.29. The minimum atomic E-state index is -1.10. The number of carboxylic acid groups (broad SMARTS) is 1. The first-order valence-corrected chi connectivity index (χ1v) is 10.4. The van der Waals surface area contributed by atoms with Gasteiger partial charge in [-0.25, -0.2) is 9.59 Å². The van der Waals surface area contributed by atoms with E-state index in [1.54, 1.807) is 13.0 Å². The highest BCUT2D eigenvalue weighted by Crippen LogP contribution is 2.43. The molecule has 1 amide bonds. The molecule has 1 aliphatic rings. The maximum absolute atomic E-state index is 12.8. The zero-order chi connectivity index (χ0) is 22.9. The van der Waals surface area contributed by atoms with E-state index in [2.05, 4.69) is 5.32 Å². The highest BCUT2D eigenvalue weighted by Gasteiger charge is 2.31. The molecule has 8 heteroatoms. The van der Waals surface area contributed by atoms with Crippen molar-refractivity contribution in [3.63, 3.8) is 0 Å². The van der Waals surface area contributed by atoms with Crippen LogP contribution in [0.1, 0.15) is 56.7 Å². The summed E-state index contributed by atoms with van der Waals surface area (Å²) in [5.41, 5.74) is 1.02. The summed E-state index contributed by atoms with van der Waals surface area (Å²) in [5, 5.41) is 12.4. The number of nitrogens with one attached hydrogen (secondary N) is 1. The Hall–Kier alpha value is -3.03. The number of methoxy groups -OCH3 is 1. The van der Waals surface area contributed by atoms with Gasteiger partial charge >= 0.3 is 11.6 Å². The molecule has 31 heavy (non-hydrogen) atoms. The van der Waals surface area contributed by atoms with Gasteiger partial charge in [0.2, 0.25) is 5.91 Å². The van der Waals surface area contributed by atoms with Crippen molar-refractivity contribution in [2.45, 2.75) is 71.4 Å². The number of carboxylic acids is 1.